The smallest absolute Gasteiger partial charge is 0.171 e. The molecule has 4 nitrogen and oxygen atoms in total. The fourth-order valence-electron chi connectivity index (χ4n) is 3.11. The number of nitrogens with one attached hydrogen (secondary N) is 3. The summed E-state index contributed by atoms with van der Waals surface area (Å²) in [4.78, 5) is 1.53. The molecule has 24 heavy (non-hydrogen) atoms. The van der Waals surface area contributed by atoms with Crippen LogP contribution in [-0.2, 0) is 0 Å². The maximum absolute atomic E-state index is 6.01. The van der Waals surface area contributed by atoms with E-state index in [0.717, 1.165) is 24.5 Å². The second-order valence-electron chi connectivity index (χ2n) is 5.93. The Labute approximate surface area is 157 Å². The maximum Gasteiger partial charge on any atom is 0.171 e. The summed E-state index contributed by atoms with van der Waals surface area (Å²) in [6.07, 6.45) is 4.24. The predicted octanol–water partition coefficient (Wildman–Crippen LogP) is 3.29. The largest absolute Gasteiger partial charge is 0.463 e. The van der Waals surface area contributed by atoms with Crippen molar-refractivity contribution in [1.29, 1.82) is 0 Å². The average Bonchev–Trinajstić information content (AvgIpc) is 3.19. The molecule has 1 aliphatic rings. The minimum atomic E-state index is 0.255. The second kappa shape index (κ2) is 8.21. The molecular weight excluding hydrogens is 365 g/mol. The van der Waals surface area contributed by atoms with Gasteiger partial charge in [-0.2, -0.15) is 0 Å². The van der Waals surface area contributed by atoms with Crippen LogP contribution in [0.1, 0.15) is 24.6 Å². The minimum absolute atomic E-state index is 0.255. The van der Waals surface area contributed by atoms with Gasteiger partial charge in [0.1, 0.15) is 0 Å². The molecule has 1 saturated heterocycles. The summed E-state index contributed by atoms with van der Waals surface area (Å²) in [5, 5.41) is 8.10. The molecule has 128 valence electrons. The van der Waals surface area contributed by atoms with E-state index in [0.29, 0.717) is 21.7 Å². The highest BCUT2D eigenvalue weighted by molar-refractivity contribution is 7.80. The number of hydrogen-bond donors (Lipinski definition) is 3. The lowest BCUT2D eigenvalue weighted by Crippen LogP contribution is -3.11. The molecule has 2 heterocycles. The van der Waals surface area contributed by atoms with Crippen LogP contribution in [0.3, 0.4) is 0 Å². The molecule has 1 aromatic carbocycles. The molecule has 2 aromatic rings. The molecule has 0 amide bonds. The Balaban J connectivity index is 1.60. The predicted molar refractivity (Wildman–Crippen MR) is 102 cm³/mol. The van der Waals surface area contributed by atoms with Gasteiger partial charge in [0, 0.05) is 28.6 Å². The van der Waals surface area contributed by atoms with Crippen molar-refractivity contribution in [1.82, 2.24) is 5.32 Å². The molecular formula is C17H20Cl2N3OS+. The highest BCUT2D eigenvalue weighted by Gasteiger charge is 2.29. The molecule has 3 rings (SSSR count). The van der Waals surface area contributed by atoms with Gasteiger partial charge in [-0.3, -0.25) is 0 Å². The van der Waals surface area contributed by atoms with Crippen LogP contribution in [0, 0.1) is 0 Å². The van der Waals surface area contributed by atoms with E-state index >= 15 is 0 Å². The first-order valence-corrected chi connectivity index (χ1v) is 9.17. The molecule has 1 atom stereocenters. The van der Waals surface area contributed by atoms with E-state index in [9.17, 15) is 0 Å². The van der Waals surface area contributed by atoms with Crippen LogP contribution in [0.2, 0.25) is 10.0 Å². The highest BCUT2D eigenvalue weighted by atomic mass is 35.5. The van der Waals surface area contributed by atoms with E-state index in [2.05, 4.69) is 10.6 Å². The third kappa shape index (κ3) is 4.63. The van der Waals surface area contributed by atoms with Crippen molar-refractivity contribution in [3.8, 4) is 0 Å². The lowest BCUT2D eigenvalue weighted by Gasteiger charge is -2.23. The SMILES string of the molecule is S=C(NC[C@@H](c1ccco1)[NH+]1CCCC1)Nc1cc(Cl)cc(Cl)c1. The zero-order valence-electron chi connectivity index (χ0n) is 13.1. The van der Waals surface area contributed by atoms with E-state index in [1.807, 2.05) is 12.1 Å². The monoisotopic (exact) mass is 384 g/mol. The molecule has 0 radical (unpaired) electrons. The van der Waals surface area contributed by atoms with Gasteiger partial charge in [-0.15, -0.1) is 0 Å². The van der Waals surface area contributed by atoms with Gasteiger partial charge in [0.25, 0.3) is 0 Å². The summed E-state index contributed by atoms with van der Waals surface area (Å²) in [7, 11) is 0. The molecule has 3 N–H and O–H groups in total. The fourth-order valence-corrected chi connectivity index (χ4v) is 3.84. The van der Waals surface area contributed by atoms with Crippen LogP contribution in [0.4, 0.5) is 5.69 Å². The summed E-state index contributed by atoms with van der Waals surface area (Å²) in [5.41, 5.74) is 0.771. The van der Waals surface area contributed by atoms with Gasteiger partial charge < -0.3 is 20.0 Å². The van der Waals surface area contributed by atoms with Gasteiger partial charge in [-0.05, 0) is 42.5 Å². The average molecular weight is 385 g/mol. The maximum atomic E-state index is 6.01. The minimum Gasteiger partial charge on any atom is -0.463 e. The van der Waals surface area contributed by atoms with Crippen LogP contribution in [0.25, 0.3) is 0 Å². The Hall–Kier alpha value is -1.27. The van der Waals surface area contributed by atoms with Crippen molar-refractivity contribution < 1.29 is 9.32 Å². The van der Waals surface area contributed by atoms with Gasteiger partial charge in [-0.25, -0.2) is 0 Å². The first kappa shape index (κ1) is 17.5. The first-order valence-electron chi connectivity index (χ1n) is 8.01. The third-order valence-electron chi connectivity index (χ3n) is 4.21. The van der Waals surface area contributed by atoms with Gasteiger partial charge in [0.15, 0.2) is 16.9 Å². The van der Waals surface area contributed by atoms with Crippen LogP contribution in [0.5, 0.6) is 0 Å². The van der Waals surface area contributed by atoms with Gasteiger partial charge in [0.2, 0.25) is 0 Å². The van der Waals surface area contributed by atoms with Crippen molar-refractivity contribution in [3.05, 3.63) is 52.4 Å². The number of thiocarbonyl (C=S) groups is 1. The Kier molecular flexibility index (Phi) is 6.00. The fraction of sp³-hybridized carbons (Fsp3) is 0.353. The highest BCUT2D eigenvalue weighted by Crippen LogP contribution is 2.22. The lowest BCUT2D eigenvalue weighted by molar-refractivity contribution is -0.919. The van der Waals surface area contributed by atoms with E-state index in [4.69, 9.17) is 39.8 Å². The number of anilines is 1. The summed E-state index contributed by atoms with van der Waals surface area (Å²) < 4.78 is 5.63. The number of furan rings is 1. The molecule has 0 aliphatic carbocycles. The number of benzene rings is 1. The van der Waals surface area contributed by atoms with Crippen LogP contribution >= 0.6 is 35.4 Å². The van der Waals surface area contributed by atoms with Crippen LogP contribution < -0.4 is 15.5 Å². The van der Waals surface area contributed by atoms with E-state index in [1.165, 1.54) is 17.7 Å². The standard InChI is InChI=1S/C17H19Cl2N3OS/c18-12-8-13(19)10-14(9-12)21-17(24)20-11-15(16-4-3-7-23-16)22-5-1-2-6-22/h3-4,7-10,15H,1-2,5-6,11H2,(H2,20,21,24)/p+1/t15-/m0/s1. The Morgan fingerprint density at radius 1 is 1.21 bits per heavy atom. The zero-order valence-corrected chi connectivity index (χ0v) is 15.5. The lowest BCUT2D eigenvalue weighted by atomic mass is 10.2. The molecule has 1 aliphatic heterocycles. The van der Waals surface area contributed by atoms with Crippen molar-refractivity contribution in [2.45, 2.75) is 18.9 Å². The molecule has 7 heteroatoms. The number of quaternary nitrogens is 1. The molecule has 0 unspecified atom stereocenters. The van der Waals surface area contributed by atoms with Gasteiger partial charge in [0.05, 0.1) is 25.9 Å². The Bertz CT molecular complexity index is 667. The van der Waals surface area contributed by atoms with Crippen molar-refractivity contribution in [2.24, 2.45) is 0 Å². The number of likely N-dealkylation sites (tertiary alicyclic amines) is 1. The third-order valence-corrected chi connectivity index (χ3v) is 4.90. The topological polar surface area (TPSA) is 41.6 Å². The Morgan fingerprint density at radius 2 is 1.92 bits per heavy atom. The van der Waals surface area contributed by atoms with E-state index in [-0.39, 0.29) is 6.04 Å². The van der Waals surface area contributed by atoms with E-state index < -0.39 is 0 Å². The van der Waals surface area contributed by atoms with Crippen molar-refractivity contribution in [3.63, 3.8) is 0 Å². The molecule has 0 saturated carbocycles. The van der Waals surface area contributed by atoms with Crippen LogP contribution in [-0.4, -0.2) is 24.7 Å². The molecule has 0 spiro atoms. The van der Waals surface area contributed by atoms with Gasteiger partial charge in [-0.1, -0.05) is 23.2 Å². The van der Waals surface area contributed by atoms with Crippen LogP contribution in [0.15, 0.2) is 41.0 Å². The first-order chi connectivity index (χ1) is 11.6. The van der Waals surface area contributed by atoms with E-state index in [1.54, 1.807) is 24.5 Å². The quantitative estimate of drug-likeness (QED) is 0.691. The summed E-state index contributed by atoms with van der Waals surface area (Å²) in [6, 6.07) is 9.49. The summed E-state index contributed by atoms with van der Waals surface area (Å²) >= 11 is 17.4. The van der Waals surface area contributed by atoms with Gasteiger partial charge >= 0.3 is 0 Å². The molecule has 1 aromatic heterocycles. The van der Waals surface area contributed by atoms with Crippen molar-refractivity contribution >= 4 is 46.2 Å². The zero-order chi connectivity index (χ0) is 16.9. The number of halogens is 2. The van der Waals surface area contributed by atoms with Crippen molar-refractivity contribution in [2.75, 3.05) is 25.0 Å². The second-order valence-corrected chi connectivity index (χ2v) is 7.21. The summed E-state index contributed by atoms with van der Waals surface area (Å²) in [5.74, 6) is 0.994. The normalized spacial score (nSPS) is 16.1. The number of rotatable bonds is 5. The molecule has 0 bridgehead atoms. The summed E-state index contributed by atoms with van der Waals surface area (Å²) in [6.45, 7) is 3.04. The Morgan fingerprint density at radius 3 is 2.54 bits per heavy atom. The number of hydrogen-bond acceptors (Lipinski definition) is 2. The molecule has 1 fully saturated rings.